The van der Waals surface area contributed by atoms with Crippen LogP contribution in [0.1, 0.15) is 0 Å². The topological polar surface area (TPSA) is 53.5 Å². The predicted molar refractivity (Wildman–Crippen MR) is 318 cm³/mol. The number of fused-ring (bicyclic) bond motifs is 6. The molecule has 3 heterocycles. The maximum atomic E-state index is 5.84. The molecule has 15 rings (SSSR count). The van der Waals surface area contributed by atoms with Crippen LogP contribution in [-0.4, -0.2) is 36.2 Å². The van der Waals surface area contributed by atoms with Gasteiger partial charge in [-0.3, -0.25) is 0 Å². The molecule has 0 bridgehead atoms. The van der Waals surface area contributed by atoms with Crippen molar-refractivity contribution in [2.45, 2.75) is 0 Å². The average Bonchev–Trinajstić information content (AvgIpc) is 4.28. The van der Waals surface area contributed by atoms with Gasteiger partial charge >= 0.3 is 7.12 Å². The first kappa shape index (κ1) is 43.5. The standard InChI is InChI=1S/C69H46BN6/c1-7-19-52-37-58(31-25-46(52)13-1)64-43-67(61-34-28-49-16-4-10-22-55(49)40-61)74(71-64)70(75-68(62-35-29-50-17-5-11-23-56(50)41-62)44-65(72-75)59-32-26-47-14-2-8-20-53(47)38-59)76-69(63-36-30-51-18-6-12-24-57(51)42-63)45-66(73-76)60-33-27-48-15-3-9-21-54(48)39-60/h1-45,70H/q-1. The Kier molecular flexibility index (Phi) is 10.2. The van der Waals surface area contributed by atoms with E-state index in [0.29, 0.717) is 0 Å². The van der Waals surface area contributed by atoms with Gasteiger partial charge in [0.25, 0.3) is 0 Å². The van der Waals surface area contributed by atoms with Crippen LogP contribution in [-0.2, 0) is 0 Å². The Hall–Kier alpha value is -10.1. The molecular formula is C69H46BN6-. The molecule has 12 aromatic carbocycles. The van der Waals surface area contributed by atoms with Crippen molar-refractivity contribution < 1.29 is 0 Å². The van der Waals surface area contributed by atoms with Crippen molar-refractivity contribution in [3.63, 3.8) is 0 Å². The van der Waals surface area contributed by atoms with Gasteiger partial charge in [0.15, 0.2) is 0 Å². The van der Waals surface area contributed by atoms with Gasteiger partial charge in [-0.05, 0) is 136 Å². The molecule has 7 heteroatoms. The minimum absolute atomic E-state index is 0.856. The molecule has 0 N–H and O–H groups in total. The predicted octanol–water partition coefficient (Wildman–Crippen LogP) is 16.9. The lowest BCUT2D eigenvalue weighted by Gasteiger charge is -2.32. The minimum atomic E-state index is -2.22. The highest BCUT2D eigenvalue weighted by molar-refractivity contribution is 6.55. The summed E-state index contributed by atoms with van der Waals surface area (Å²) in [6.07, 6.45) is 0. The summed E-state index contributed by atoms with van der Waals surface area (Å²) in [5.74, 6) is 0. The SMILES string of the molecule is c1ccc2cc(-c3cc(-c4ccc5ccccc5c4)n([BH-](n4nc(-c5ccc6ccccc6c5)cc4-c4ccc5ccccc5c4)n4nc(-c5ccc6ccccc6c5)cc4-c4ccc5ccccc5c4)n3)ccc2c1. The maximum Gasteiger partial charge on any atom is 0.327 e. The zero-order chi connectivity index (χ0) is 50.1. The summed E-state index contributed by atoms with van der Waals surface area (Å²) in [6.45, 7) is 0. The van der Waals surface area contributed by atoms with E-state index >= 15 is 0 Å². The van der Waals surface area contributed by atoms with Crippen LogP contribution in [0.4, 0.5) is 0 Å². The van der Waals surface area contributed by atoms with E-state index in [1.165, 1.54) is 32.3 Å². The van der Waals surface area contributed by atoms with Crippen LogP contribution >= 0.6 is 0 Å². The van der Waals surface area contributed by atoms with E-state index in [4.69, 9.17) is 15.3 Å². The molecule has 3 aromatic heterocycles. The Morgan fingerprint density at radius 3 is 0.632 bits per heavy atom. The monoisotopic (exact) mass is 969 g/mol. The van der Waals surface area contributed by atoms with Gasteiger partial charge in [0.2, 0.25) is 0 Å². The molecule has 6 nitrogen and oxygen atoms in total. The van der Waals surface area contributed by atoms with Gasteiger partial charge in [-0.25, -0.2) is 15.3 Å². The molecular weight excluding hydrogens is 924 g/mol. The number of aromatic nitrogens is 6. The van der Waals surface area contributed by atoms with Crippen molar-refractivity contribution in [3.8, 4) is 67.5 Å². The molecule has 0 spiro atoms. The summed E-state index contributed by atoms with van der Waals surface area (Å²) in [7, 11) is -2.22. The minimum Gasteiger partial charge on any atom is -0.396 e. The summed E-state index contributed by atoms with van der Waals surface area (Å²) in [5, 5.41) is 31.5. The lowest BCUT2D eigenvalue weighted by atomic mass is 9.89. The molecule has 0 aliphatic rings. The van der Waals surface area contributed by atoms with Crippen LogP contribution in [0.25, 0.3) is 132 Å². The Morgan fingerprint density at radius 1 is 0.197 bits per heavy atom. The van der Waals surface area contributed by atoms with E-state index in [-0.39, 0.29) is 0 Å². The number of benzene rings is 12. The molecule has 0 amide bonds. The quantitative estimate of drug-likeness (QED) is 0.135. The highest BCUT2D eigenvalue weighted by atomic mass is 15.5. The first-order valence-corrected chi connectivity index (χ1v) is 26.0. The second-order valence-electron chi connectivity index (χ2n) is 20.0. The zero-order valence-electron chi connectivity index (χ0n) is 41.4. The largest absolute Gasteiger partial charge is 0.396 e. The van der Waals surface area contributed by atoms with Crippen molar-refractivity contribution in [3.05, 3.63) is 273 Å². The van der Waals surface area contributed by atoms with E-state index in [2.05, 4.69) is 287 Å². The molecule has 0 fully saturated rings. The molecule has 0 radical (unpaired) electrons. The highest BCUT2D eigenvalue weighted by Crippen LogP contribution is 2.38. The Labute approximate surface area is 439 Å². The third-order valence-corrected chi connectivity index (χ3v) is 15.4. The van der Waals surface area contributed by atoms with Crippen LogP contribution in [0.5, 0.6) is 0 Å². The molecule has 76 heavy (non-hydrogen) atoms. The van der Waals surface area contributed by atoms with E-state index < -0.39 is 7.12 Å². The van der Waals surface area contributed by atoms with Gasteiger partial charge in [-0.1, -0.05) is 218 Å². The Balaban J connectivity index is 1.06. The van der Waals surface area contributed by atoms with E-state index in [1.807, 2.05) is 0 Å². The first-order chi connectivity index (χ1) is 37.6. The van der Waals surface area contributed by atoms with Crippen LogP contribution < -0.4 is 0 Å². The third-order valence-electron chi connectivity index (χ3n) is 15.4. The highest BCUT2D eigenvalue weighted by Gasteiger charge is 2.27. The first-order valence-electron chi connectivity index (χ1n) is 26.0. The lowest BCUT2D eigenvalue weighted by Crippen LogP contribution is -2.45. The molecule has 0 saturated carbocycles. The van der Waals surface area contributed by atoms with Gasteiger partial charge < -0.3 is 13.8 Å². The van der Waals surface area contributed by atoms with Crippen LogP contribution in [0.2, 0.25) is 0 Å². The molecule has 0 aliphatic carbocycles. The van der Waals surface area contributed by atoms with Gasteiger partial charge in [-0.15, -0.1) is 0 Å². The van der Waals surface area contributed by atoms with E-state index in [0.717, 1.165) is 99.9 Å². The second kappa shape index (κ2) is 17.8. The van der Waals surface area contributed by atoms with Crippen molar-refractivity contribution >= 4 is 71.8 Å². The zero-order valence-corrected chi connectivity index (χ0v) is 41.4. The molecule has 0 atom stereocenters. The normalized spacial score (nSPS) is 11.8. The molecule has 0 aliphatic heterocycles. The summed E-state index contributed by atoms with van der Waals surface area (Å²) < 4.78 is 6.74. The molecule has 0 unspecified atom stereocenters. The van der Waals surface area contributed by atoms with Gasteiger partial charge in [0.05, 0.1) is 17.1 Å². The Morgan fingerprint density at radius 2 is 0.395 bits per heavy atom. The number of hydrogen-bond acceptors (Lipinski definition) is 3. The van der Waals surface area contributed by atoms with Gasteiger partial charge in [0, 0.05) is 33.8 Å². The maximum absolute atomic E-state index is 5.84. The number of rotatable bonds is 9. The lowest BCUT2D eigenvalue weighted by molar-refractivity contribution is 0.784. The van der Waals surface area contributed by atoms with Crippen molar-refractivity contribution in [1.29, 1.82) is 0 Å². The van der Waals surface area contributed by atoms with E-state index in [9.17, 15) is 0 Å². The summed E-state index contributed by atoms with van der Waals surface area (Å²) in [4.78, 5) is 0. The van der Waals surface area contributed by atoms with Gasteiger partial charge in [-0.2, -0.15) is 0 Å². The molecule has 0 saturated heterocycles. The number of nitrogens with zero attached hydrogens (tertiary/aromatic N) is 6. The van der Waals surface area contributed by atoms with Gasteiger partial charge in [0.1, 0.15) is 0 Å². The summed E-state index contributed by atoms with van der Waals surface area (Å²) in [6, 6.07) is 98.3. The fourth-order valence-corrected chi connectivity index (χ4v) is 11.5. The molecule has 15 aromatic rings. The smallest absolute Gasteiger partial charge is 0.327 e. The van der Waals surface area contributed by atoms with Crippen LogP contribution in [0.3, 0.4) is 0 Å². The molecule has 356 valence electrons. The summed E-state index contributed by atoms with van der Waals surface area (Å²) >= 11 is 0. The number of hydrogen-bond donors (Lipinski definition) is 0. The van der Waals surface area contributed by atoms with Crippen molar-refractivity contribution in [2.75, 3.05) is 0 Å². The van der Waals surface area contributed by atoms with Crippen molar-refractivity contribution in [1.82, 2.24) is 29.1 Å². The van der Waals surface area contributed by atoms with Crippen LogP contribution in [0.15, 0.2) is 273 Å². The average molecular weight is 970 g/mol. The third kappa shape index (κ3) is 7.64. The fraction of sp³-hybridized carbons (Fsp3) is 0. The summed E-state index contributed by atoms with van der Waals surface area (Å²) in [5.41, 5.74) is 11.6. The Bertz CT molecular complexity index is 4280. The van der Waals surface area contributed by atoms with Crippen molar-refractivity contribution in [2.24, 2.45) is 0 Å². The fourth-order valence-electron chi connectivity index (χ4n) is 11.5. The van der Waals surface area contributed by atoms with Crippen LogP contribution in [0, 0.1) is 0 Å². The van der Waals surface area contributed by atoms with E-state index in [1.54, 1.807) is 0 Å². The second-order valence-corrected chi connectivity index (χ2v) is 20.0.